The molecule has 1 atom stereocenters. The molecule has 2 aromatic rings. The van der Waals surface area contributed by atoms with Crippen LogP contribution in [-0.4, -0.2) is 36.9 Å². The van der Waals surface area contributed by atoms with E-state index in [1.165, 1.54) is 16.4 Å². The monoisotopic (exact) mass is 386 g/mol. The predicted molar refractivity (Wildman–Crippen MR) is 93.1 cm³/mol. The van der Waals surface area contributed by atoms with E-state index >= 15 is 0 Å². The summed E-state index contributed by atoms with van der Waals surface area (Å²) in [6, 6.07) is 7.94. The summed E-state index contributed by atoms with van der Waals surface area (Å²) in [6.07, 6.45) is 4.57. The van der Waals surface area contributed by atoms with Gasteiger partial charge < -0.3 is 4.74 Å². The lowest BCUT2D eigenvalue weighted by Crippen LogP contribution is -2.44. The topological polar surface area (TPSA) is 59.5 Å². The van der Waals surface area contributed by atoms with E-state index in [1.807, 2.05) is 0 Å². The highest BCUT2D eigenvalue weighted by Crippen LogP contribution is 2.30. The Bertz CT molecular complexity index is 815. The molecule has 0 aliphatic carbocycles. The molecule has 0 N–H and O–H groups in total. The number of hydrogen-bond acceptors (Lipinski definition) is 4. The van der Waals surface area contributed by atoms with E-state index in [4.69, 9.17) is 27.9 Å². The molecule has 0 saturated carbocycles. The molecule has 0 bridgehead atoms. The summed E-state index contributed by atoms with van der Waals surface area (Å²) in [6.45, 7) is 0.703. The maximum absolute atomic E-state index is 12.9. The number of pyridine rings is 1. The Balaban J connectivity index is 1.79. The predicted octanol–water partition coefficient (Wildman–Crippen LogP) is 3.62. The minimum Gasteiger partial charge on any atom is -0.489 e. The highest BCUT2D eigenvalue weighted by molar-refractivity contribution is 7.89. The zero-order valence-corrected chi connectivity index (χ0v) is 15.1. The normalized spacial score (nSPS) is 19.2. The minimum absolute atomic E-state index is 0.0289. The fraction of sp³-hybridized carbons (Fsp3) is 0.312. The molecule has 0 unspecified atom stereocenters. The molecule has 1 aliphatic heterocycles. The van der Waals surface area contributed by atoms with Crippen LogP contribution in [-0.2, 0) is 10.0 Å². The maximum Gasteiger partial charge on any atom is 0.244 e. The number of hydrogen-bond donors (Lipinski definition) is 0. The molecule has 0 spiro atoms. The fourth-order valence-electron chi connectivity index (χ4n) is 2.64. The van der Waals surface area contributed by atoms with Crippen LogP contribution >= 0.6 is 23.2 Å². The van der Waals surface area contributed by atoms with E-state index in [2.05, 4.69) is 4.98 Å². The van der Waals surface area contributed by atoms with Gasteiger partial charge in [-0.3, -0.25) is 4.98 Å². The van der Waals surface area contributed by atoms with Gasteiger partial charge in [0.1, 0.15) is 16.7 Å². The van der Waals surface area contributed by atoms with Gasteiger partial charge >= 0.3 is 0 Å². The summed E-state index contributed by atoms with van der Waals surface area (Å²) < 4.78 is 33.0. The van der Waals surface area contributed by atoms with Crippen molar-refractivity contribution in [3.8, 4) is 5.75 Å². The van der Waals surface area contributed by atoms with Gasteiger partial charge in [0.25, 0.3) is 0 Å². The van der Waals surface area contributed by atoms with Crippen LogP contribution in [0.5, 0.6) is 5.75 Å². The summed E-state index contributed by atoms with van der Waals surface area (Å²) in [7, 11) is -3.72. The first-order valence-electron chi connectivity index (χ1n) is 7.49. The van der Waals surface area contributed by atoms with E-state index in [0.29, 0.717) is 23.7 Å². The van der Waals surface area contributed by atoms with E-state index in [0.717, 1.165) is 6.42 Å². The summed E-state index contributed by atoms with van der Waals surface area (Å²) in [4.78, 5) is 3.97. The fourth-order valence-corrected chi connectivity index (χ4v) is 4.89. The average molecular weight is 387 g/mol. The van der Waals surface area contributed by atoms with Crippen molar-refractivity contribution in [2.45, 2.75) is 23.8 Å². The Kier molecular flexibility index (Phi) is 5.30. The van der Waals surface area contributed by atoms with Crippen molar-refractivity contribution in [1.29, 1.82) is 0 Å². The van der Waals surface area contributed by atoms with Gasteiger partial charge in [0.05, 0.1) is 11.6 Å². The number of nitrogens with zero attached hydrogens (tertiary/aromatic N) is 2. The molecule has 24 heavy (non-hydrogen) atoms. The van der Waals surface area contributed by atoms with E-state index < -0.39 is 10.0 Å². The third kappa shape index (κ3) is 3.83. The molecule has 2 heterocycles. The summed E-state index contributed by atoms with van der Waals surface area (Å²) in [5.41, 5.74) is 0. The average Bonchev–Trinajstić information content (AvgIpc) is 2.58. The number of ether oxygens (including phenoxy) is 1. The number of piperidine rings is 1. The summed E-state index contributed by atoms with van der Waals surface area (Å²) >= 11 is 12.0. The van der Waals surface area contributed by atoms with Crippen LogP contribution in [0.4, 0.5) is 0 Å². The number of halogens is 2. The largest absolute Gasteiger partial charge is 0.489 e. The maximum atomic E-state index is 12.9. The van der Waals surface area contributed by atoms with Crippen LogP contribution in [0.3, 0.4) is 0 Å². The first-order valence-corrected chi connectivity index (χ1v) is 9.68. The lowest BCUT2D eigenvalue weighted by molar-refractivity contribution is 0.129. The zero-order chi connectivity index (χ0) is 17.2. The van der Waals surface area contributed by atoms with Gasteiger partial charge in [-0.1, -0.05) is 23.2 Å². The van der Waals surface area contributed by atoms with Crippen molar-refractivity contribution in [3.63, 3.8) is 0 Å². The van der Waals surface area contributed by atoms with Gasteiger partial charge in [-0.2, -0.15) is 4.31 Å². The molecule has 5 nitrogen and oxygen atoms in total. The first-order chi connectivity index (χ1) is 11.5. The van der Waals surface area contributed by atoms with Crippen LogP contribution in [0.1, 0.15) is 12.8 Å². The first kappa shape index (κ1) is 17.5. The number of benzene rings is 1. The molecule has 1 fully saturated rings. The molecule has 128 valence electrons. The quantitative estimate of drug-likeness (QED) is 0.804. The molecule has 1 saturated heterocycles. The van der Waals surface area contributed by atoms with Crippen molar-refractivity contribution in [2.75, 3.05) is 13.1 Å². The van der Waals surface area contributed by atoms with Crippen molar-refractivity contribution >= 4 is 33.2 Å². The second-order valence-corrected chi connectivity index (χ2v) is 8.25. The molecule has 0 radical (unpaired) electrons. The van der Waals surface area contributed by atoms with Gasteiger partial charge in [0, 0.05) is 24.0 Å². The molecule has 8 heteroatoms. The third-order valence-electron chi connectivity index (χ3n) is 3.80. The van der Waals surface area contributed by atoms with Crippen molar-refractivity contribution < 1.29 is 13.2 Å². The van der Waals surface area contributed by atoms with Crippen LogP contribution in [0.2, 0.25) is 10.0 Å². The van der Waals surface area contributed by atoms with Crippen LogP contribution in [0.25, 0.3) is 0 Å². The molecule has 1 aromatic heterocycles. The number of sulfonamides is 1. The van der Waals surface area contributed by atoms with Gasteiger partial charge in [0.2, 0.25) is 10.0 Å². The second kappa shape index (κ2) is 7.27. The van der Waals surface area contributed by atoms with E-state index in [1.54, 1.807) is 30.6 Å². The van der Waals surface area contributed by atoms with E-state index in [9.17, 15) is 8.42 Å². The molecule has 1 aliphatic rings. The highest BCUT2D eigenvalue weighted by atomic mass is 35.5. The highest BCUT2D eigenvalue weighted by Gasteiger charge is 2.32. The van der Waals surface area contributed by atoms with Crippen LogP contribution in [0.15, 0.2) is 47.6 Å². The smallest absolute Gasteiger partial charge is 0.244 e. The number of aromatic nitrogens is 1. The summed E-state index contributed by atoms with van der Waals surface area (Å²) in [5.74, 6) is 0.676. The Labute approximate surface area is 151 Å². The standard InChI is InChI=1S/C16H16Cl2N2O3S/c17-12-3-4-15(18)16(10-12)24(21,22)20-9-1-2-14(11-20)23-13-5-7-19-8-6-13/h3-8,10,14H,1-2,9,11H2/t14-/m0/s1. The molecule has 0 amide bonds. The Morgan fingerprint density at radius 1 is 1.17 bits per heavy atom. The molecular weight excluding hydrogens is 371 g/mol. The minimum atomic E-state index is -3.72. The second-order valence-electron chi connectivity index (χ2n) is 5.50. The Morgan fingerprint density at radius 2 is 1.92 bits per heavy atom. The molecular formula is C16H16Cl2N2O3S. The third-order valence-corrected chi connectivity index (χ3v) is 6.39. The van der Waals surface area contributed by atoms with Crippen molar-refractivity contribution in [3.05, 3.63) is 52.8 Å². The van der Waals surface area contributed by atoms with Gasteiger partial charge in [-0.05, 0) is 43.2 Å². The van der Waals surface area contributed by atoms with Crippen molar-refractivity contribution in [1.82, 2.24) is 9.29 Å². The van der Waals surface area contributed by atoms with Crippen molar-refractivity contribution in [2.24, 2.45) is 0 Å². The molecule has 1 aromatic carbocycles. The van der Waals surface area contributed by atoms with Gasteiger partial charge in [-0.25, -0.2) is 8.42 Å². The van der Waals surface area contributed by atoms with Crippen LogP contribution < -0.4 is 4.74 Å². The SMILES string of the molecule is O=S(=O)(c1cc(Cl)ccc1Cl)N1CCC[C@H](Oc2ccncc2)C1. The number of rotatable bonds is 4. The summed E-state index contributed by atoms with van der Waals surface area (Å²) in [5, 5.41) is 0.496. The van der Waals surface area contributed by atoms with Gasteiger partial charge in [0.15, 0.2) is 0 Å². The Hall–Kier alpha value is -1.34. The Morgan fingerprint density at radius 3 is 2.67 bits per heavy atom. The van der Waals surface area contributed by atoms with Gasteiger partial charge in [-0.15, -0.1) is 0 Å². The lowest BCUT2D eigenvalue weighted by atomic mass is 10.1. The van der Waals surface area contributed by atoms with Crippen LogP contribution in [0, 0.1) is 0 Å². The zero-order valence-electron chi connectivity index (χ0n) is 12.7. The molecule has 3 rings (SSSR count). The van der Waals surface area contributed by atoms with E-state index in [-0.39, 0.29) is 22.6 Å². The lowest BCUT2D eigenvalue weighted by Gasteiger charge is -2.32.